The van der Waals surface area contributed by atoms with E-state index in [0.29, 0.717) is 5.92 Å². The summed E-state index contributed by atoms with van der Waals surface area (Å²) in [6.45, 7) is 2.10. The molecule has 3 nitrogen and oxygen atoms in total. The van der Waals surface area contributed by atoms with E-state index in [1.807, 2.05) is 0 Å². The molecule has 3 heteroatoms. The molecular weight excluding hydrogens is 300 g/mol. The van der Waals surface area contributed by atoms with Crippen LogP contribution in [0.2, 0.25) is 0 Å². The minimum absolute atomic E-state index is 0.239. The fourth-order valence-corrected chi connectivity index (χ4v) is 4.89. The number of hydrogen-bond acceptors (Lipinski definition) is 2. The molecule has 3 rings (SSSR count). The van der Waals surface area contributed by atoms with E-state index in [-0.39, 0.29) is 11.8 Å². The molecule has 24 heavy (non-hydrogen) atoms. The summed E-state index contributed by atoms with van der Waals surface area (Å²) in [5.41, 5.74) is 3.48. The quantitative estimate of drug-likeness (QED) is 0.765. The van der Waals surface area contributed by atoms with Crippen molar-refractivity contribution in [2.45, 2.75) is 76.5 Å². The van der Waals surface area contributed by atoms with E-state index in [9.17, 15) is 9.90 Å². The molecule has 0 aliphatic heterocycles. The minimum atomic E-state index is -0.688. The van der Waals surface area contributed by atoms with Gasteiger partial charge >= 0.3 is 5.97 Å². The first-order valence-electron chi connectivity index (χ1n) is 9.59. The van der Waals surface area contributed by atoms with Gasteiger partial charge in [0.2, 0.25) is 0 Å². The first-order valence-corrected chi connectivity index (χ1v) is 9.59. The van der Waals surface area contributed by atoms with E-state index in [1.54, 1.807) is 7.11 Å². The van der Waals surface area contributed by atoms with Crippen LogP contribution in [0.4, 0.5) is 0 Å². The standard InChI is InChI=1S/C21H30O3/c1-3-14-10-11-18-17(19(14)21(22)23)13-12-16(20(18)24-2)15-8-6-4-5-7-9-15/h12-15,19H,3-11H2,1-2H3,(H,22,23). The average Bonchev–Trinajstić information content (AvgIpc) is 2.88. The lowest BCUT2D eigenvalue weighted by Crippen LogP contribution is -2.27. The normalized spacial score (nSPS) is 24.9. The van der Waals surface area contributed by atoms with E-state index in [0.717, 1.165) is 36.1 Å². The molecule has 2 aliphatic rings. The monoisotopic (exact) mass is 330 g/mol. The number of ether oxygens (including phenoxy) is 1. The number of carboxylic acid groups (broad SMARTS) is 1. The Labute approximate surface area is 145 Å². The zero-order valence-corrected chi connectivity index (χ0v) is 15.0. The Balaban J connectivity index is 2.02. The molecule has 0 bridgehead atoms. The molecule has 2 unspecified atom stereocenters. The molecule has 1 fully saturated rings. The van der Waals surface area contributed by atoms with Crippen LogP contribution in [-0.2, 0) is 11.2 Å². The van der Waals surface area contributed by atoms with Gasteiger partial charge in [0.1, 0.15) is 5.75 Å². The topological polar surface area (TPSA) is 46.5 Å². The summed E-state index contributed by atoms with van der Waals surface area (Å²) < 4.78 is 5.84. The summed E-state index contributed by atoms with van der Waals surface area (Å²) in [6, 6.07) is 4.26. The van der Waals surface area contributed by atoms with Gasteiger partial charge in [0.25, 0.3) is 0 Å². The average molecular weight is 330 g/mol. The van der Waals surface area contributed by atoms with Crippen LogP contribution in [0.1, 0.15) is 86.8 Å². The first-order chi connectivity index (χ1) is 11.7. The van der Waals surface area contributed by atoms with E-state index in [4.69, 9.17) is 4.74 Å². The summed E-state index contributed by atoms with van der Waals surface area (Å²) in [7, 11) is 1.75. The van der Waals surface area contributed by atoms with E-state index in [1.165, 1.54) is 44.1 Å². The van der Waals surface area contributed by atoms with Gasteiger partial charge in [-0.05, 0) is 54.2 Å². The lowest BCUT2D eigenvalue weighted by molar-refractivity contribution is -0.140. The lowest BCUT2D eigenvalue weighted by Gasteiger charge is -2.33. The molecular formula is C21H30O3. The van der Waals surface area contributed by atoms with Crippen molar-refractivity contribution in [3.05, 3.63) is 28.8 Å². The van der Waals surface area contributed by atoms with Gasteiger partial charge in [-0.2, -0.15) is 0 Å². The highest BCUT2D eigenvalue weighted by Gasteiger charge is 2.36. The van der Waals surface area contributed by atoms with Gasteiger partial charge < -0.3 is 9.84 Å². The maximum Gasteiger partial charge on any atom is 0.311 e. The second-order valence-corrected chi connectivity index (χ2v) is 7.47. The van der Waals surface area contributed by atoms with Gasteiger partial charge in [-0.3, -0.25) is 4.79 Å². The largest absolute Gasteiger partial charge is 0.496 e. The van der Waals surface area contributed by atoms with Crippen molar-refractivity contribution in [1.29, 1.82) is 0 Å². The number of carbonyl (C=O) groups is 1. The number of hydrogen-bond donors (Lipinski definition) is 1. The van der Waals surface area contributed by atoms with Crippen LogP contribution in [0, 0.1) is 5.92 Å². The zero-order chi connectivity index (χ0) is 17.1. The third-order valence-electron chi connectivity index (χ3n) is 6.19. The Morgan fingerprint density at radius 1 is 1.12 bits per heavy atom. The van der Waals surface area contributed by atoms with Crippen molar-refractivity contribution in [3.8, 4) is 5.75 Å². The SMILES string of the molecule is CCC1CCc2c(ccc(C3CCCCCC3)c2OC)C1C(=O)O. The summed E-state index contributed by atoms with van der Waals surface area (Å²) in [5.74, 6) is 0.728. The van der Waals surface area contributed by atoms with Crippen molar-refractivity contribution < 1.29 is 14.6 Å². The molecule has 1 aromatic rings. The van der Waals surface area contributed by atoms with Crippen LogP contribution >= 0.6 is 0 Å². The Morgan fingerprint density at radius 2 is 1.79 bits per heavy atom. The van der Waals surface area contributed by atoms with Crippen LogP contribution in [0.3, 0.4) is 0 Å². The molecule has 2 atom stereocenters. The van der Waals surface area contributed by atoms with Crippen molar-refractivity contribution >= 4 is 5.97 Å². The van der Waals surface area contributed by atoms with E-state index in [2.05, 4.69) is 19.1 Å². The molecule has 132 valence electrons. The van der Waals surface area contributed by atoms with Crippen LogP contribution in [0.5, 0.6) is 5.75 Å². The molecule has 0 spiro atoms. The fraction of sp³-hybridized carbons (Fsp3) is 0.667. The molecule has 0 aromatic heterocycles. The van der Waals surface area contributed by atoms with Crippen LogP contribution in [-0.4, -0.2) is 18.2 Å². The van der Waals surface area contributed by atoms with E-state index < -0.39 is 5.97 Å². The maximum atomic E-state index is 11.9. The number of aliphatic carboxylic acids is 1. The highest BCUT2D eigenvalue weighted by molar-refractivity contribution is 5.78. The Bertz CT molecular complexity index is 585. The van der Waals surface area contributed by atoms with Crippen LogP contribution in [0.25, 0.3) is 0 Å². The Kier molecular flexibility index (Phi) is 5.47. The van der Waals surface area contributed by atoms with Crippen LogP contribution in [0.15, 0.2) is 12.1 Å². The second kappa shape index (κ2) is 7.58. The summed E-state index contributed by atoms with van der Waals surface area (Å²) in [4.78, 5) is 11.9. The third kappa shape index (κ3) is 3.18. The third-order valence-corrected chi connectivity index (χ3v) is 6.19. The zero-order valence-electron chi connectivity index (χ0n) is 15.0. The molecule has 1 N–H and O–H groups in total. The molecule has 0 saturated heterocycles. The summed E-state index contributed by atoms with van der Waals surface area (Å²) in [6.07, 6.45) is 10.5. The van der Waals surface area contributed by atoms with Crippen molar-refractivity contribution in [2.75, 3.05) is 7.11 Å². The first kappa shape index (κ1) is 17.3. The number of carboxylic acids is 1. The number of methoxy groups -OCH3 is 1. The highest BCUT2D eigenvalue weighted by atomic mass is 16.5. The minimum Gasteiger partial charge on any atom is -0.496 e. The van der Waals surface area contributed by atoms with Gasteiger partial charge in [0, 0.05) is 0 Å². The second-order valence-electron chi connectivity index (χ2n) is 7.47. The smallest absolute Gasteiger partial charge is 0.311 e. The van der Waals surface area contributed by atoms with Gasteiger partial charge in [-0.15, -0.1) is 0 Å². The highest BCUT2D eigenvalue weighted by Crippen LogP contribution is 2.46. The molecule has 0 radical (unpaired) electrons. The van der Waals surface area contributed by atoms with Crippen LogP contribution < -0.4 is 4.74 Å². The predicted molar refractivity (Wildman–Crippen MR) is 95.9 cm³/mol. The number of rotatable bonds is 4. The van der Waals surface area contributed by atoms with Gasteiger partial charge in [-0.1, -0.05) is 51.2 Å². The number of benzene rings is 1. The van der Waals surface area contributed by atoms with Crippen molar-refractivity contribution in [1.82, 2.24) is 0 Å². The molecule has 1 saturated carbocycles. The fourth-order valence-electron chi connectivity index (χ4n) is 4.89. The molecule has 0 amide bonds. The van der Waals surface area contributed by atoms with Crippen molar-refractivity contribution in [2.24, 2.45) is 5.92 Å². The molecule has 0 heterocycles. The maximum absolute atomic E-state index is 11.9. The van der Waals surface area contributed by atoms with Crippen molar-refractivity contribution in [3.63, 3.8) is 0 Å². The lowest BCUT2D eigenvalue weighted by atomic mass is 9.72. The summed E-state index contributed by atoms with van der Waals surface area (Å²) in [5, 5.41) is 9.76. The van der Waals surface area contributed by atoms with Gasteiger partial charge in [0.15, 0.2) is 0 Å². The number of fused-ring (bicyclic) bond motifs is 1. The molecule has 2 aliphatic carbocycles. The van der Waals surface area contributed by atoms with E-state index >= 15 is 0 Å². The summed E-state index contributed by atoms with van der Waals surface area (Å²) >= 11 is 0. The molecule has 1 aromatic carbocycles. The Hall–Kier alpha value is -1.51. The Morgan fingerprint density at radius 3 is 2.38 bits per heavy atom. The predicted octanol–water partition coefficient (Wildman–Crippen LogP) is 5.27. The van der Waals surface area contributed by atoms with Gasteiger partial charge in [0.05, 0.1) is 13.0 Å². The van der Waals surface area contributed by atoms with Gasteiger partial charge in [-0.25, -0.2) is 0 Å².